The number of aromatic nitrogens is 3. The lowest BCUT2D eigenvalue weighted by Crippen LogP contribution is -2.41. The summed E-state index contributed by atoms with van der Waals surface area (Å²) in [6, 6.07) is 10.8. The van der Waals surface area contributed by atoms with Gasteiger partial charge in [-0.05, 0) is 19.4 Å². The molecule has 3 aromatic rings. The van der Waals surface area contributed by atoms with Crippen molar-refractivity contribution in [3.63, 3.8) is 0 Å². The van der Waals surface area contributed by atoms with Gasteiger partial charge in [-0.3, -0.25) is 4.90 Å². The average Bonchev–Trinajstić information content (AvgIpc) is 3.21. The number of morpholine rings is 1. The molecule has 3 heterocycles. The number of rotatable bonds is 4. The molecule has 0 saturated carbocycles. The van der Waals surface area contributed by atoms with E-state index in [1.807, 2.05) is 39.5 Å². The van der Waals surface area contributed by atoms with Crippen molar-refractivity contribution >= 4 is 0 Å². The third kappa shape index (κ3) is 3.18. The van der Waals surface area contributed by atoms with Crippen molar-refractivity contribution in [2.24, 2.45) is 7.05 Å². The minimum atomic E-state index is -0.0329. The fourth-order valence-corrected chi connectivity index (χ4v) is 3.73. The van der Waals surface area contributed by atoms with Gasteiger partial charge in [-0.2, -0.15) is 0 Å². The SMILES string of the molecule is Cc1noc(C)c1C1CN(Cc2cncn2C)C(c2ccccc2)CO1. The van der Waals surface area contributed by atoms with Crippen LogP contribution in [0, 0.1) is 13.8 Å². The largest absolute Gasteiger partial charge is 0.370 e. The van der Waals surface area contributed by atoms with Crippen molar-refractivity contribution in [3.8, 4) is 0 Å². The summed E-state index contributed by atoms with van der Waals surface area (Å²) in [7, 11) is 2.03. The molecule has 1 aliphatic heterocycles. The van der Waals surface area contributed by atoms with E-state index in [0.717, 1.165) is 30.1 Å². The van der Waals surface area contributed by atoms with Crippen LogP contribution in [-0.2, 0) is 18.3 Å². The summed E-state index contributed by atoms with van der Waals surface area (Å²) in [5.41, 5.74) is 4.44. The van der Waals surface area contributed by atoms with Crippen LogP contribution in [0.2, 0.25) is 0 Å². The number of hydrogen-bond acceptors (Lipinski definition) is 5. The molecule has 6 heteroatoms. The Morgan fingerprint density at radius 3 is 2.65 bits per heavy atom. The first kappa shape index (κ1) is 17.0. The number of hydrogen-bond donors (Lipinski definition) is 0. The molecule has 0 amide bonds. The highest BCUT2D eigenvalue weighted by Crippen LogP contribution is 2.35. The standard InChI is InChI=1S/C20H24N4O2/c1-14-20(15(2)26-22-14)19-11-24(10-17-9-21-13-23(17)3)18(12-25-19)16-7-5-4-6-8-16/h4-9,13,18-19H,10-12H2,1-3H3. The van der Waals surface area contributed by atoms with Crippen LogP contribution >= 0.6 is 0 Å². The van der Waals surface area contributed by atoms with Gasteiger partial charge < -0.3 is 13.8 Å². The third-order valence-corrected chi connectivity index (χ3v) is 5.17. The highest BCUT2D eigenvalue weighted by Gasteiger charge is 2.33. The molecule has 6 nitrogen and oxygen atoms in total. The van der Waals surface area contributed by atoms with Crippen LogP contribution < -0.4 is 0 Å². The van der Waals surface area contributed by atoms with Crippen molar-refractivity contribution < 1.29 is 9.26 Å². The minimum Gasteiger partial charge on any atom is -0.370 e. The summed E-state index contributed by atoms with van der Waals surface area (Å²) < 4.78 is 13.7. The van der Waals surface area contributed by atoms with E-state index >= 15 is 0 Å². The van der Waals surface area contributed by atoms with Crippen LogP contribution in [0.5, 0.6) is 0 Å². The number of nitrogens with zero attached hydrogens (tertiary/aromatic N) is 4. The molecular weight excluding hydrogens is 328 g/mol. The number of aryl methyl sites for hydroxylation is 3. The highest BCUT2D eigenvalue weighted by atomic mass is 16.5. The van der Waals surface area contributed by atoms with E-state index in [1.165, 1.54) is 11.3 Å². The predicted molar refractivity (Wildman–Crippen MR) is 97.5 cm³/mol. The van der Waals surface area contributed by atoms with Gasteiger partial charge >= 0.3 is 0 Å². The fourth-order valence-electron chi connectivity index (χ4n) is 3.73. The molecule has 26 heavy (non-hydrogen) atoms. The molecule has 4 rings (SSSR count). The lowest BCUT2D eigenvalue weighted by atomic mass is 10.00. The predicted octanol–water partition coefficient (Wildman–Crippen LogP) is 3.34. The molecule has 1 aromatic carbocycles. The third-order valence-electron chi connectivity index (χ3n) is 5.17. The van der Waals surface area contributed by atoms with E-state index in [1.54, 1.807) is 0 Å². The molecule has 0 N–H and O–H groups in total. The number of imidazole rings is 1. The quantitative estimate of drug-likeness (QED) is 0.721. The van der Waals surface area contributed by atoms with E-state index < -0.39 is 0 Å². The summed E-state index contributed by atoms with van der Waals surface area (Å²) >= 11 is 0. The van der Waals surface area contributed by atoms with Gasteiger partial charge in [-0.15, -0.1) is 0 Å². The molecule has 0 radical (unpaired) electrons. The maximum Gasteiger partial charge on any atom is 0.139 e. The van der Waals surface area contributed by atoms with Gasteiger partial charge in [0.15, 0.2) is 0 Å². The maximum atomic E-state index is 6.27. The van der Waals surface area contributed by atoms with Crippen molar-refractivity contribution in [1.82, 2.24) is 19.6 Å². The maximum absolute atomic E-state index is 6.27. The Balaban J connectivity index is 1.63. The molecule has 1 aliphatic rings. The van der Waals surface area contributed by atoms with Crippen LogP contribution in [-0.4, -0.2) is 32.8 Å². The Hall–Kier alpha value is -2.44. The molecule has 1 saturated heterocycles. The van der Waals surface area contributed by atoms with Crippen LogP contribution in [0.25, 0.3) is 0 Å². The summed E-state index contributed by atoms with van der Waals surface area (Å²) in [5.74, 6) is 0.839. The fraction of sp³-hybridized carbons (Fsp3) is 0.400. The van der Waals surface area contributed by atoms with Gasteiger partial charge in [-0.25, -0.2) is 4.98 Å². The van der Waals surface area contributed by atoms with Gasteiger partial charge in [0, 0.05) is 31.9 Å². The summed E-state index contributed by atoms with van der Waals surface area (Å²) in [6.45, 7) is 6.17. The second-order valence-corrected chi connectivity index (χ2v) is 6.91. The molecule has 0 spiro atoms. The monoisotopic (exact) mass is 352 g/mol. The van der Waals surface area contributed by atoms with Gasteiger partial charge in [0.25, 0.3) is 0 Å². The second-order valence-electron chi connectivity index (χ2n) is 6.91. The lowest BCUT2D eigenvalue weighted by Gasteiger charge is -2.40. The van der Waals surface area contributed by atoms with Gasteiger partial charge in [0.1, 0.15) is 11.9 Å². The van der Waals surface area contributed by atoms with Crippen molar-refractivity contribution in [1.29, 1.82) is 0 Å². The Bertz CT molecular complexity index is 852. The van der Waals surface area contributed by atoms with E-state index in [-0.39, 0.29) is 12.1 Å². The zero-order valence-electron chi connectivity index (χ0n) is 15.4. The molecule has 2 aromatic heterocycles. The molecule has 0 bridgehead atoms. The first-order valence-corrected chi connectivity index (χ1v) is 8.92. The number of benzene rings is 1. The minimum absolute atomic E-state index is 0.0329. The molecule has 2 atom stereocenters. The van der Waals surface area contributed by atoms with Crippen LogP contribution in [0.4, 0.5) is 0 Å². The van der Waals surface area contributed by atoms with Crippen molar-refractivity contribution in [2.45, 2.75) is 32.5 Å². The van der Waals surface area contributed by atoms with Crippen LogP contribution in [0.15, 0.2) is 47.4 Å². The summed E-state index contributed by atoms with van der Waals surface area (Å²) in [4.78, 5) is 6.73. The zero-order valence-corrected chi connectivity index (χ0v) is 15.4. The van der Waals surface area contributed by atoms with Crippen LogP contribution in [0.1, 0.15) is 40.4 Å². The summed E-state index contributed by atoms with van der Waals surface area (Å²) in [5, 5.41) is 4.10. The van der Waals surface area contributed by atoms with Gasteiger partial charge in [0.2, 0.25) is 0 Å². The normalized spacial score (nSPS) is 21.2. The first-order valence-electron chi connectivity index (χ1n) is 8.92. The van der Waals surface area contributed by atoms with Gasteiger partial charge in [-0.1, -0.05) is 35.5 Å². The first-order chi connectivity index (χ1) is 12.6. The Morgan fingerprint density at radius 2 is 2.00 bits per heavy atom. The molecule has 0 aliphatic carbocycles. The van der Waals surface area contributed by atoms with Gasteiger partial charge in [0.05, 0.1) is 30.4 Å². The smallest absolute Gasteiger partial charge is 0.139 e. The zero-order chi connectivity index (χ0) is 18.1. The van der Waals surface area contributed by atoms with Crippen molar-refractivity contribution in [2.75, 3.05) is 13.2 Å². The van der Waals surface area contributed by atoms with E-state index in [2.05, 4.69) is 43.9 Å². The molecule has 1 fully saturated rings. The number of ether oxygens (including phenoxy) is 1. The highest BCUT2D eigenvalue weighted by molar-refractivity contribution is 5.26. The second kappa shape index (κ2) is 7.05. The van der Waals surface area contributed by atoms with Crippen LogP contribution in [0.3, 0.4) is 0 Å². The lowest BCUT2D eigenvalue weighted by molar-refractivity contribution is -0.0715. The van der Waals surface area contributed by atoms with E-state index in [9.17, 15) is 0 Å². The Labute approximate surface area is 153 Å². The Morgan fingerprint density at radius 1 is 1.19 bits per heavy atom. The molecule has 2 unspecified atom stereocenters. The Kier molecular flexibility index (Phi) is 4.61. The molecule has 136 valence electrons. The average molecular weight is 352 g/mol. The van der Waals surface area contributed by atoms with Crippen molar-refractivity contribution in [3.05, 3.63) is 71.1 Å². The topological polar surface area (TPSA) is 56.3 Å². The molecular formula is C20H24N4O2. The van der Waals surface area contributed by atoms with E-state index in [4.69, 9.17) is 9.26 Å². The van der Waals surface area contributed by atoms with E-state index in [0.29, 0.717) is 6.61 Å². The summed E-state index contributed by atoms with van der Waals surface area (Å²) in [6.07, 6.45) is 3.75.